The fourth-order valence-corrected chi connectivity index (χ4v) is 3.06. The van der Waals surface area contributed by atoms with Crippen molar-refractivity contribution in [3.63, 3.8) is 0 Å². The third-order valence-corrected chi connectivity index (χ3v) is 4.21. The van der Waals surface area contributed by atoms with E-state index in [-0.39, 0.29) is 5.91 Å². The number of nitrogens with zero attached hydrogens (tertiary/aromatic N) is 2. The monoisotopic (exact) mass is 259 g/mol. The Morgan fingerprint density at radius 3 is 2.79 bits per heavy atom. The SMILES string of the molecule is Nc1cccc2c1CN(CC(=O)N1CCCC1)CC2. The van der Waals surface area contributed by atoms with Crippen LogP contribution in [0.2, 0.25) is 0 Å². The highest BCUT2D eigenvalue weighted by Crippen LogP contribution is 2.24. The van der Waals surface area contributed by atoms with E-state index < -0.39 is 0 Å². The number of hydrogen-bond acceptors (Lipinski definition) is 3. The van der Waals surface area contributed by atoms with Crippen molar-refractivity contribution in [2.75, 3.05) is 31.9 Å². The number of fused-ring (bicyclic) bond motifs is 1. The minimum Gasteiger partial charge on any atom is -0.398 e. The lowest BCUT2D eigenvalue weighted by Gasteiger charge is -2.30. The summed E-state index contributed by atoms with van der Waals surface area (Å²) in [7, 11) is 0. The first kappa shape index (κ1) is 12.5. The van der Waals surface area contributed by atoms with E-state index in [4.69, 9.17) is 5.73 Å². The predicted molar refractivity (Wildman–Crippen MR) is 75.6 cm³/mol. The third kappa shape index (κ3) is 2.59. The molecule has 2 aliphatic rings. The lowest BCUT2D eigenvalue weighted by atomic mass is 9.98. The van der Waals surface area contributed by atoms with Crippen molar-refractivity contribution in [2.24, 2.45) is 0 Å². The van der Waals surface area contributed by atoms with Gasteiger partial charge in [0.1, 0.15) is 0 Å². The molecule has 1 aromatic carbocycles. The maximum Gasteiger partial charge on any atom is 0.236 e. The molecule has 0 bridgehead atoms. The Balaban J connectivity index is 1.65. The van der Waals surface area contributed by atoms with E-state index >= 15 is 0 Å². The molecule has 2 heterocycles. The first-order chi connectivity index (χ1) is 9.24. The van der Waals surface area contributed by atoms with Gasteiger partial charge < -0.3 is 10.6 Å². The van der Waals surface area contributed by atoms with Crippen LogP contribution >= 0.6 is 0 Å². The predicted octanol–water partition coefficient (Wildman–Crippen LogP) is 1.25. The zero-order valence-corrected chi connectivity index (χ0v) is 11.3. The van der Waals surface area contributed by atoms with Crippen LogP contribution in [0, 0.1) is 0 Å². The molecule has 0 atom stereocenters. The number of rotatable bonds is 2. The Hall–Kier alpha value is -1.55. The molecule has 2 aliphatic heterocycles. The number of nitrogens with two attached hydrogens (primary N) is 1. The molecule has 0 radical (unpaired) electrons. The van der Waals surface area contributed by atoms with Crippen molar-refractivity contribution in [3.8, 4) is 0 Å². The van der Waals surface area contributed by atoms with E-state index in [9.17, 15) is 4.79 Å². The fraction of sp³-hybridized carbons (Fsp3) is 0.533. The first-order valence-electron chi connectivity index (χ1n) is 7.10. The second-order valence-corrected chi connectivity index (χ2v) is 5.53. The fourth-order valence-electron chi connectivity index (χ4n) is 3.06. The van der Waals surface area contributed by atoms with Crippen LogP contribution in [0.4, 0.5) is 5.69 Å². The first-order valence-corrected chi connectivity index (χ1v) is 7.10. The summed E-state index contributed by atoms with van der Waals surface area (Å²) < 4.78 is 0. The molecule has 1 aromatic rings. The van der Waals surface area contributed by atoms with Crippen molar-refractivity contribution in [2.45, 2.75) is 25.8 Å². The molecule has 0 aliphatic carbocycles. The highest BCUT2D eigenvalue weighted by molar-refractivity contribution is 5.78. The van der Waals surface area contributed by atoms with Crippen LogP contribution in [-0.2, 0) is 17.8 Å². The second kappa shape index (κ2) is 5.21. The normalized spacial score (nSPS) is 19.5. The number of carbonyl (C=O) groups is 1. The largest absolute Gasteiger partial charge is 0.398 e. The third-order valence-electron chi connectivity index (χ3n) is 4.21. The summed E-state index contributed by atoms with van der Waals surface area (Å²) in [6.07, 6.45) is 3.30. The molecule has 2 N–H and O–H groups in total. The van der Waals surface area contributed by atoms with Gasteiger partial charge in [0, 0.05) is 31.9 Å². The Morgan fingerprint density at radius 2 is 2.00 bits per heavy atom. The molecule has 0 unspecified atom stereocenters. The van der Waals surface area contributed by atoms with Gasteiger partial charge in [-0.25, -0.2) is 0 Å². The molecule has 1 amide bonds. The molecule has 0 saturated carbocycles. The number of benzene rings is 1. The lowest BCUT2D eigenvalue weighted by molar-refractivity contribution is -0.131. The number of likely N-dealkylation sites (tertiary alicyclic amines) is 1. The molecule has 4 heteroatoms. The minimum absolute atomic E-state index is 0.274. The molecule has 1 fully saturated rings. The van der Waals surface area contributed by atoms with Gasteiger partial charge in [0.2, 0.25) is 5.91 Å². The second-order valence-electron chi connectivity index (χ2n) is 5.53. The number of nitrogen functional groups attached to an aromatic ring is 1. The lowest BCUT2D eigenvalue weighted by Crippen LogP contribution is -2.41. The van der Waals surface area contributed by atoms with Gasteiger partial charge in [-0.05, 0) is 36.5 Å². The summed E-state index contributed by atoms with van der Waals surface area (Å²) in [5.41, 5.74) is 9.44. The van der Waals surface area contributed by atoms with Crippen LogP contribution in [0.25, 0.3) is 0 Å². The zero-order valence-electron chi connectivity index (χ0n) is 11.3. The van der Waals surface area contributed by atoms with Crippen molar-refractivity contribution in [3.05, 3.63) is 29.3 Å². The Morgan fingerprint density at radius 1 is 1.21 bits per heavy atom. The molecule has 1 saturated heterocycles. The highest BCUT2D eigenvalue weighted by atomic mass is 16.2. The Bertz CT molecular complexity index is 480. The average Bonchev–Trinajstić information content (AvgIpc) is 2.94. The average molecular weight is 259 g/mol. The molecule has 3 rings (SSSR count). The summed E-state index contributed by atoms with van der Waals surface area (Å²) in [6.45, 7) is 4.17. The van der Waals surface area contributed by atoms with Gasteiger partial charge in [0.25, 0.3) is 0 Å². The number of anilines is 1. The van der Waals surface area contributed by atoms with Crippen molar-refractivity contribution in [1.82, 2.24) is 9.80 Å². The Labute approximate surface area is 114 Å². The molecule has 19 heavy (non-hydrogen) atoms. The van der Waals surface area contributed by atoms with Crippen LogP contribution in [0.5, 0.6) is 0 Å². The molecule has 102 valence electrons. The summed E-state index contributed by atoms with van der Waals surface area (Å²) >= 11 is 0. The van der Waals surface area contributed by atoms with Crippen molar-refractivity contribution >= 4 is 11.6 Å². The number of hydrogen-bond donors (Lipinski definition) is 1. The van der Waals surface area contributed by atoms with Gasteiger partial charge >= 0.3 is 0 Å². The maximum absolute atomic E-state index is 12.2. The minimum atomic E-state index is 0.274. The van der Waals surface area contributed by atoms with Crippen LogP contribution < -0.4 is 5.73 Å². The molecular weight excluding hydrogens is 238 g/mol. The van der Waals surface area contributed by atoms with Crippen LogP contribution in [-0.4, -0.2) is 41.9 Å². The molecule has 0 spiro atoms. The van der Waals surface area contributed by atoms with Crippen LogP contribution in [0.1, 0.15) is 24.0 Å². The quantitative estimate of drug-likeness (QED) is 0.813. The van der Waals surface area contributed by atoms with Gasteiger partial charge in [-0.15, -0.1) is 0 Å². The van der Waals surface area contributed by atoms with E-state index in [1.807, 2.05) is 17.0 Å². The van der Waals surface area contributed by atoms with E-state index in [1.54, 1.807) is 0 Å². The van der Waals surface area contributed by atoms with E-state index in [1.165, 1.54) is 11.1 Å². The smallest absolute Gasteiger partial charge is 0.236 e. The van der Waals surface area contributed by atoms with Crippen molar-refractivity contribution in [1.29, 1.82) is 0 Å². The number of amides is 1. The summed E-state index contributed by atoms with van der Waals surface area (Å²) in [5, 5.41) is 0. The summed E-state index contributed by atoms with van der Waals surface area (Å²) in [4.78, 5) is 16.4. The van der Waals surface area contributed by atoms with Gasteiger partial charge in [0.05, 0.1) is 6.54 Å². The summed E-state index contributed by atoms with van der Waals surface area (Å²) in [6, 6.07) is 6.11. The molecular formula is C15H21N3O. The molecule has 4 nitrogen and oxygen atoms in total. The maximum atomic E-state index is 12.2. The van der Waals surface area contributed by atoms with Crippen LogP contribution in [0.15, 0.2) is 18.2 Å². The zero-order chi connectivity index (χ0) is 13.2. The summed E-state index contributed by atoms with van der Waals surface area (Å²) in [5.74, 6) is 0.274. The Kier molecular flexibility index (Phi) is 3.42. The number of carbonyl (C=O) groups excluding carboxylic acids is 1. The molecule has 0 aromatic heterocycles. The standard InChI is InChI=1S/C15H21N3O/c16-14-5-3-4-12-6-9-17(10-13(12)14)11-15(19)18-7-1-2-8-18/h3-5H,1-2,6-11,16H2. The van der Waals surface area contributed by atoms with Gasteiger partial charge in [-0.3, -0.25) is 9.69 Å². The van der Waals surface area contributed by atoms with E-state index in [0.717, 1.165) is 51.1 Å². The van der Waals surface area contributed by atoms with Gasteiger partial charge in [-0.1, -0.05) is 12.1 Å². The van der Waals surface area contributed by atoms with Gasteiger partial charge in [-0.2, -0.15) is 0 Å². The van der Waals surface area contributed by atoms with E-state index in [2.05, 4.69) is 11.0 Å². The topological polar surface area (TPSA) is 49.6 Å². The highest BCUT2D eigenvalue weighted by Gasteiger charge is 2.23. The van der Waals surface area contributed by atoms with Gasteiger partial charge in [0.15, 0.2) is 0 Å². The van der Waals surface area contributed by atoms with Crippen molar-refractivity contribution < 1.29 is 4.79 Å². The van der Waals surface area contributed by atoms with E-state index in [0.29, 0.717) is 6.54 Å². The van der Waals surface area contributed by atoms with Crippen LogP contribution in [0.3, 0.4) is 0 Å².